The van der Waals surface area contributed by atoms with Crippen molar-refractivity contribution < 1.29 is 36.6 Å². The molecule has 1 saturated carbocycles. The van der Waals surface area contributed by atoms with E-state index >= 15 is 0 Å². The highest BCUT2D eigenvalue weighted by molar-refractivity contribution is 5.90. The fraction of sp³-hybridized carbons (Fsp3) is 0.385. The van der Waals surface area contributed by atoms with E-state index in [0.29, 0.717) is 11.5 Å². The monoisotopic (exact) mass is 553 g/mol. The van der Waals surface area contributed by atoms with E-state index in [-0.39, 0.29) is 24.4 Å². The highest BCUT2D eigenvalue weighted by atomic mass is 19.4. The maximum absolute atomic E-state index is 13.3. The number of carboxylic acid groups (broad SMARTS) is 1. The minimum atomic E-state index is -5.08. The van der Waals surface area contributed by atoms with Crippen molar-refractivity contribution in [1.29, 1.82) is 0 Å². The third kappa shape index (κ3) is 8.48. The highest BCUT2D eigenvalue weighted by Gasteiger charge is 2.38. The maximum Gasteiger partial charge on any atom is 0.490 e. The average Bonchev–Trinajstić information content (AvgIpc) is 2.86. The number of hydrogen-bond donors (Lipinski definition) is 3. The number of fused-ring (bicyclic) bond motifs is 1. The second-order valence-corrected chi connectivity index (χ2v) is 9.27. The van der Waals surface area contributed by atoms with Crippen LogP contribution in [-0.2, 0) is 16.0 Å². The molecule has 210 valence electrons. The van der Waals surface area contributed by atoms with Crippen LogP contribution in [0.15, 0.2) is 42.5 Å². The fourth-order valence-electron chi connectivity index (χ4n) is 4.14. The molecular weight excluding hydrogens is 525 g/mol. The van der Waals surface area contributed by atoms with Crippen LogP contribution in [-0.4, -0.2) is 59.3 Å². The van der Waals surface area contributed by atoms with Gasteiger partial charge >= 0.3 is 12.1 Å². The lowest BCUT2D eigenvalue weighted by atomic mass is 9.91. The van der Waals surface area contributed by atoms with Gasteiger partial charge in [-0.05, 0) is 55.5 Å². The number of aliphatic carboxylic acids is 1. The Balaban J connectivity index is 0.000000532. The Morgan fingerprint density at radius 3 is 2.18 bits per heavy atom. The standard InChI is InChI=1S/C24H27F2N5O.C2HF3O2/c1-31(2)23-18-5-3-4-6-21(18)29-24(30-23)28-17-10-8-16(9-11-17)27-22(32)14-15-7-12-19(25)20(26)13-15;3-2(4,5)1(6)7/h3-7,12-13,16-17H,8-11,14H2,1-2H3,(H,27,32)(H,28,29,30);(H,6,7). The van der Waals surface area contributed by atoms with E-state index in [0.717, 1.165) is 54.5 Å². The van der Waals surface area contributed by atoms with Gasteiger partial charge in [-0.3, -0.25) is 4.79 Å². The number of anilines is 2. The Morgan fingerprint density at radius 1 is 0.974 bits per heavy atom. The van der Waals surface area contributed by atoms with E-state index in [9.17, 15) is 26.7 Å². The van der Waals surface area contributed by atoms with Crippen molar-refractivity contribution in [1.82, 2.24) is 15.3 Å². The number of hydrogen-bond acceptors (Lipinski definition) is 6. The number of aromatic nitrogens is 2. The van der Waals surface area contributed by atoms with Gasteiger partial charge in [0.05, 0.1) is 11.9 Å². The van der Waals surface area contributed by atoms with Crippen LogP contribution in [0.5, 0.6) is 0 Å². The van der Waals surface area contributed by atoms with Crippen molar-refractivity contribution in [2.75, 3.05) is 24.3 Å². The smallest absolute Gasteiger partial charge is 0.475 e. The molecule has 3 aromatic rings. The molecular formula is C26H28F5N5O3. The molecule has 0 spiro atoms. The third-order valence-electron chi connectivity index (χ3n) is 6.02. The third-order valence-corrected chi connectivity index (χ3v) is 6.02. The molecule has 1 fully saturated rings. The lowest BCUT2D eigenvalue weighted by Crippen LogP contribution is -2.41. The minimum Gasteiger partial charge on any atom is -0.475 e. The van der Waals surface area contributed by atoms with Crippen LogP contribution in [0.4, 0.5) is 33.7 Å². The Labute approximate surface area is 221 Å². The molecule has 0 bridgehead atoms. The van der Waals surface area contributed by atoms with E-state index in [4.69, 9.17) is 14.9 Å². The SMILES string of the molecule is CN(C)c1nc(NC2CCC(NC(=O)Cc3ccc(F)c(F)c3)CC2)nc2ccccc12.O=C(O)C(F)(F)F. The predicted molar refractivity (Wildman–Crippen MR) is 135 cm³/mol. The van der Waals surface area contributed by atoms with E-state index in [1.54, 1.807) is 0 Å². The molecule has 39 heavy (non-hydrogen) atoms. The topological polar surface area (TPSA) is 107 Å². The number of alkyl halides is 3. The summed E-state index contributed by atoms with van der Waals surface area (Å²) >= 11 is 0. The molecule has 0 radical (unpaired) electrons. The molecule has 1 aliphatic rings. The number of nitrogens with zero attached hydrogens (tertiary/aromatic N) is 3. The first kappa shape index (κ1) is 29.5. The normalized spacial score (nSPS) is 17.1. The van der Waals surface area contributed by atoms with Gasteiger partial charge in [-0.1, -0.05) is 18.2 Å². The van der Waals surface area contributed by atoms with Crippen molar-refractivity contribution in [3.63, 3.8) is 0 Å². The zero-order chi connectivity index (χ0) is 28.7. The Morgan fingerprint density at radius 2 is 1.59 bits per heavy atom. The summed E-state index contributed by atoms with van der Waals surface area (Å²) < 4.78 is 58.1. The van der Waals surface area contributed by atoms with Gasteiger partial charge in [-0.25, -0.2) is 18.6 Å². The summed E-state index contributed by atoms with van der Waals surface area (Å²) in [7, 11) is 3.93. The van der Waals surface area contributed by atoms with Crippen LogP contribution in [0.25, 0.3) is 10.9 Å². The first-order chi connectivity index (χ1) is 18.3. The molecule has 0 atom stereocenters. The molecule has 13 heteroatoms. The van der Waals surface area contributed by atoms with Crippen molar-refractivity contribution >= 4 is 34.5 Å². The first-order valence-electron chi connectivity index (χ1n) is 12.1. The molecule has 0 aliphatic heterocycles. The van der Waals surface area contributed by atoms with E-state index in [1.165, 1.54) is 6.07 Å². The van der Waals surface area contributed by atoms with E-state index in [1.807, 2.05) is 43.3 Å². The summed E-state index contributed by atoms with van der Waals surface area (Å²) in [6.45, 7) is 0. The van der Waals surface area contributed by atoms with E-state index in [2.05, 4.69) is 15.6 Å². The highest BCUT2D eigenvalue weighted by Crippen LogP contribution is 2.26. The van der Waals surface area contributed by atoms with Gasteiger partial charge < -0.3 is 20.6 Å². The number of carboxylic acids is 1. The maximum atomic E-state index is 13.3. The summed E-state index contributed by atoms with van der Waals surface area (Å²) in [6.07, 6.45) is -1.63. The lowest BCUT2D eigenvalue weighted by molar-refractivity contribution is -0.192. The molecule has 8 nitrogen and oxygen atoms in total. The largest absolute Gasteiger partial charge is 0.490 e. The number of carbonyl (C=O) groups excluding carboxylic acids is 1. The van der Waals surface area contributed by atoms with Gasteiger partial charge in [0.1, 0.15) is 5.82 Å². The number of para-hydroxylation sites is 1. The van der Waals surface area contributed by atoms with Gasteiger partial charge in [0.2, 0.25) is 11.9 Å². The van der Waals surface area contributed by atoms with Crippen molar-refractivity contribution in [3.8, 4) is 0 Å². The zero-order valence-electron chi connectivity index (χ0n) is 21.2. The number of rotatable bonds is 6. The van der Waals surface area contributed by atoms with Crippen molar-refractivity contribution in [2.45, 2.75) is 50.4 Å². The molecule has 0 saturated heterocycles. The van der Waals surface area contributed by atoms with Gasteiger partial charge in [0.25, 0.3) is 0 Å². The van der Waals surface area contributed by atoms with E-state index < -0.39 is 23.8 Å². The van der Waals surface area contributed by atoms with Crippen LogP contribution in [0, 0.1) is 11.6 Å². The Kier molecular flexibility index (Phi) is 9.60. The molecule has 3 N–H and O–H groups in total. The molecule has 2 aromatic carbocycles. The fourth-order valence-corrected chi connectivity index (χ4v) is 4.14. The van der Waals surface area contributed by atoms with Crippen LogP contribution in [0.1, 0.15) is 31.2 Å². The Bertz CT molecular complexity index is 1310. The quantitative estimate of drug-likeness (QED) is 0.380. The zero-order valence-corrected chi connectivity index (χ0v) is 21.2. The number of halogens is 5. The van der Waals surface area contributed by atoms with Crippen LogP contribution in [0.3, 0.4) is 0 Å². The summed E-state index contributed by atoms with van der Waals surface area (Å²) in [6, 6.07) is 11.8. The predicted octanol–water partition coefficient (Wildman–Crippen LogP) is 4.69. The molecule has 1 aliphatic carbocycles. The van der Waals surface area contributed by atoms with Gasteiger partial charge in [0.15, 0.2) is 11.6 Å². The first-order valence-corrected chi connectivity index (χ1v) is 12.1. The van der Waals surface area contributed by atoms with Crippen LogP contribution < -0.4 is 15.5 Å². The molecule has 4 rings (SSSR count). The molecule has 0 unspecified atom stereocenters. The van der Waals surface area contributed by atoms with Gasteiger partial charge in [-0.2, -0.15) is 18.2 Å². The van der Waals surface area contributed by atoms with Crippen molar-refractivity contribution in [3.05, 3.63) is 59.7 Å². The number of benzene rings is 2. The average molecular weight is 554 g/mol. The summed E-state index contributed by atoms with van der Waals surface area (Å²) in [5.74, 6) is -3.30. The second-order valence-electron chi connectivity index (χ2n) is 9.27. The molecule has 1 amide bonds. The summed E-state index contributed by atoms with van der Waals surface area (Å²) in [4.78, 5) is 32.5. The van der Waals surface area contributed by atoms with Crippen LogP contribution >= 0.6 is 0 Å². The summed E-state index contributed by atoms with van der Waals surface area (Å²) in [5.41, 5.74) is 1.36. The number of nitrogens with one attached hydrogen (secondary N) is 2. The van der Waals surface area contributed by atoms with Gasteiger partial charge in [0, 0.05) is 31.6 Å². The number of amides is 1. The molecule has 1 aromatic heterocycles. The second kappa shape index (κ2) is 12.7. The number of carbonyl (C=O) groups is 2. The van der Waals surface area contributed by atoms with Crippen LogP contribution in [0.2, 0.25) is 0 Å². The van der Waals surface area contributed by atoms with Gasteiger partial charge in [-0.15, -0.1) is 0 Å². The van der Waals surface area contributed by atoms with Crippen molar-refractivity contribution in [2.24, 2.45) is 0 Å². The Hall–Kier alpha value is -4.03. The lowest BCUT2D eigenvalue weighted by Gasteiger charge is -2.30. The summed E-state index contributed by atoms with van der Waals surface area (Å²) in [5, 5.41) is 14.6. The molecule has 1 heterocycles. The minimum absolute atomic E-state index is 0.0353.